The monoisotopic (exact) mass is 450 g/mol. The predicted octanol–water partition coefficient (Wildman–Crippen LogP) is 6.15. The van der Waals surface area contributed by atoms with Crippen molar-refractivity contribution in [3.8, 4) is 22.3 Å². The SMILES string of the molecule is Cc1ccccc1N1B2c3ccccc3-c3ccccc3-c3ccccc3N2c2ccc[n+](C)c21. The summed E-state index contributed by atoms with van der Waals surface area (Å²) in [5.41, 5.74) is 11.3. The summed E-state index contributed by atoms with van der Waals surface area (Å²) in [5.74, 6) is 1.20. The summed E-state index contributed by atoms with van der Waals surface area (Å²) < 4.78 is 2.25. The number of para-hydroxylation sites is 2. The van der Waals surface area contributed by atoms with Crippen LogP contribution >= 0.6 is 0 Å². The van der Waals surface area contributed by atoms with Crippen LogP contribution in [0.5, 0.6) is 0 Å². The Morgan fingerprint density at radius 1 is 0.543 bits per heavy atom. The molecule has 35 heavy (non-hydrogen) atoms. The average Bonchev–Trinajstić information content (AvgIpc) is 3.24. The van der Waals surface area contributed by atoms with Crippen molar-refractivity contribution >= 4 is 35.3 Å². The van der Waals surface area contributed by atoms with Gasteiger partial charge in [0.05, 0.1) is 13.2 Å². The highest BCUT2D eigenvalue weighted by Crippen LogP contribution is 2.49. The van der Waals surface area contributed by atoms with E-state index in [2.05, 4.69) is 144 Å². The number of rotatable bonds is 1. The van der Waals surface area contributed by atoms with Gasteiger partial charge in [0.1, 0.15) is 11.4 Å². The summed E-state index contributed by atoms with van der Waals surface area (Å²) in [5, 5.41) is 0. The molecule has 0 bridgehead atoms. The lowest BCUT2D eigenvalue weighted by Crippen LogP contribution is -2.55. The number of benzene rings is 4. The van der Waals surface area contributed by atoms with Gasteiger partial charge in [-0.2, -0.15) is 0 Å². The topological polar surface area (TPSA) is 10.4 Å². The molecule has 0 aliphatic carbocycles. The van der Waals surface area contributed by atoms with Gasteiger partial charge in [0, 0.05) is 16.7 Å². The van der Waals surface area contributed by atoms with Gasteiger partial charge in [-0.1, -0.05) is 84.9 Å². The minimum atomic E-state index is -0.0228. The summed E-state index contributed by atoms with van der Waals surface area (Å²) in [6, 6.07) is 39.7. The van der Waals surface area contributed by atoms with E-state index in [1.165, 1.54) is 56.2 Å². The third-order valence-electron chi connectivity index (χ3n) is 7.39. The first-order valence-electron chi connectivity index (χ1n) is 12.1. The molecule has 0 spiro atoms. The number of hydrogen-bond donors (Lipinski definition) is 0. The minimum absolute atomic E-state index is 0.0228. The van der Waals surface area contributed by atoms with Crippen LogP contribution in [-0.2, 0) is 7.05 Å². The zero-order valence-electron chi connectivity index (χ0n) is 19.9. The molecule has 3 nitrogen and oxygen atoms in total. The molecule has 166 valence electrons. The highest BCUT2D eigenvalue weighted by Gasteiger charge is 2.54. The van der Waals surface area contributed by atoms with E-state index in [1.807, 2.05) is 0 Å². The normalized spacial score (nSPS) is 13.3. The number of fused-ring (bicyclic) bond motifs is 10. The van der Waals surface area contributed by atoms with E-state index in [4.69, 9.17) is 0 Å². The van der Waals surface area contributed by atoms with Crippen LogP contribution in [0.1, 0.15) is 5.56 Å². The summed E-state index contributed by atoms with van der Waals surface area (Å²) in [7, 11) is 2.15. The Hall–Kier alpha value is -4.31. The highest BCUT2D eigenvalue weighted by molar-refractivity contribution is 6.85. The zero-order chi connectivity index (χ0) is 23.5. The molecule has 3 heterocycles. The number of aromatic nitrogens is 1. The van der Waals surface area contributed by atoms with Gasteiger partial charge in [0.25, 0.3) is 5.82 Å². The van der Waals surface area contributed by atoms with Gasteiger partial charge in [-0.3, -0.25) is 4.81 Å². The second-order valence-electron chi connectivity index (χ2n) is 9.38. The van der Waals surface area contributed by atoms with Crippen LogP contribution in [0, 0.1) is 6.92 Å². The second-order valence-corrected chi connectivity index (χ2v) is 9.38. The Kier molecular flexibility index (Phi) is 4.37. The first-order valence-corrected chi connectivity index (χ1v) is 12.1. The average molecular weight is 450 g/mol. The zero-order valence-corrected chi connectivity index (χ0v) is 19.9. The van der Waals surface area contributed by atoms with Gasteiger partial charge in [-0.05, 0) is 53.4 Å². The van der Waals surface area contributed by atoms with Crippen molar-refractivity contribution in [1.82, 2.24) is 0 Å². The molecule has 0 N–H and O–H groups in total. The standard InChI is InChI=1S/C31H25BN3/c1-22-12-3-9-18-28(22)35-31-30(20-11-21-33(31)2)34-29-19-10-7-16-26(29)24-14-5-4-13-23(24)25-15-6-8-17-27(25)32(34)35/h3-21H,1-2H3/q+1. The Bertz CT molecular complexity index is 1610. The van der Waals surface area contributed by atoms with Crippen LogP contribution in [0.4, 0.5) is 22.9 Å². The Morgan fingerprint density at radius 3 is 1.89 bits per heavy atom. The molecule has 0 atom stereocenters. The molecule has 4 aromatic carbocycles. The molecule has 0 amide bonds. The molecular formula is C31H25BN3+. The summed E-state index contributed by atoms with van der Waals surface area (Å²) in [6.45, 7) is 2.18. The predicted molar refractivity (Wildman–Crippen MR) is 146 cm³/mol. The van der Waals surface area contributed by atoms with E-state index in [0.717, 1.165) is 0 Å². The molecule has 0 saturated heterocycles. The molecular weight excluding hydrogens is 425 g/mol. The van der Waals surface area contributed by atoms with Gasteiger partial charge in [0.2, 0.25) is 0 Å². The van der Waals surface area contributed by atoms with Gasteiger partial charge < -0.3 is 4.81 Å². The van der Waals surface area contributed by atoms with Crippen molar-refractivity contribution < 1.29 is 4.57 Å². The van der Waals surface area contributed by atoms with E-state index in [9.17, 15) is 0 Å². The first kappa shape index (κ1) is 20.1. The number of aryl methyl sites for hydroxylation is 2. The van der Waals surface area contributed by atoms with E-state index in [-0.39, 0.29) is 6.98 Å². The van der Waals surface area contributed by atoms with E-state index in [1.54, 1.807) is 0 Å². The molecule has 1 aromatic heterocycles. The van der Waals surface area contributed by atoms with Crippen LogP contribution in [0.15, 0.2) is 115 Å². The van der Waals surface area contributed by atoms with Crippen LogP contribution in [0.3, 0.4) is 0 Å². The van der Waals surface area contributed by atoms with Crippen molar-refractivity contribution in [3.05, 3.63) is 121 Å². The van der Waals surface area contributed by atoms with Crippen LogP contribution in [0.25, 0.3) is 22.3 Å². The van der Waals surface area contributed by atoms with Crippen LogP contribution < -0.4 is 19.7 Å². The smallest absolute Gasteiger partial charge is 0.332 e. The lowest BCUT2D eigenvalue weighted by molar-refractivity contribution is -0.657. The number of anilines is 4. The van der Waals surface area contributed by atoms with Gasteiger partial charge in [-0.25, -0.2) is 4.57 Å². The van der Waals surface area contributed by atoms with E-state index < -0.39 is 0 Å². The fourth-order valence-corrected chi connectivity index (χ4v) is 5.88. The number of pyridine rings is 1. The maximum Gasteiger partial charge on any atom is 0.543 e. The van der Waals surface area contributed by atoms with Crippen molar-refractivity contribution in [2.45, 2.75) is 6.92 Å². The summed E-state index contributed by atoms with van der Waals surface area (Å²) in [6.07, 6.45) is 2.15. The van der Waals surface area contributed by atoms with Crippen LogP contribution in [0.2, 0.25) is 0 Å². The second kappa shape index (κ2) is 7.61. The van der Waals surface area contributed by atoms with E-state index in [0.29, 0.717) is 0 Å². The largest absolute Gasteiger partial charge is 0.543 e. The third kappa shape index (κ3) is 2.83. The van der Waals surface area contributed by atoms with Crippen molar-refractivity contribution in [2.24, 2.45) is 7.05 Å². The lowest BCUT2D eigenvalue weighted by Gasteiger charge is -2.31. The molecule has 2 aliphatic heterocycles. The van der Waals surface area contributed by atoms with Gasteiger partial charge in [0.15, 0.2) is 0 Å². The van der Waals surface area contributed by atoms with Gasteiger partial charge in [-0.15, -0.1) is 0 Å². The molecule has 0 saturated carbocycles. The first-order chi connectivity index (χ1) is 17.2. The van der Waals surface area contributed by atoms with Gasteiger partial charge >= 0.3 is 6.98 Å². The number of hydrogen-bond acceptors (Lipinski definition) is 2. The van der Waals surface area contributed by atoms with Crippen molar-refractivity contribution in [3.63, 3.8) is 0 Å². The molecule has 0 fully saturated rings. The van der Waals surface area contributed by atoms with Crippen molar-refractivity contribution in [2.75, 3.05) is 9.62 Å². The minimum Gasteiger partial charge on any atom is -0.332 e. The summed E-state index contributed by atoms with van der Waals surface area (Å²) >= 11 is 0. The fourth-order valence-electron chi connectivity index (χ4n) is 5.88. The summed E-state index contributed by atoms with van der Waals surface area (Å²) in [4.78, 5) is 5.06. The maximum absolute atomic E-state index is 2.53. The number of nitrogens with zero attached hydrogens (tertiary/aromatic N) is 3. The maximum atomic E-state index is 2.53. The molecule has 0 radical (unpaired) electrons. The quantitative estimate of drug-likeness (QED) is 0.224. The van der Waals surface area contributed by atoms with E-state index >= 15 is 0 Å². The Balaban J connectivity index is 1.65. The molecule has 2 aliphatic rings. The van der Waals surface area contributed by atoms with Crippen LogP contribution in [-0.4, -0.2) is 6.98 Å². The molecule has 0 unspecified atom stereocenters. The third-order valence-corrected chi connectivity index (χ3v) is 7.39. The highest BCUT2D eigenvalue weighted by atomic mass is 15.4. The van der Waals surface area contributed by atoms with Crippen molar-refractivity contribution in [1.29, 1.82) is 0 Å². The lowest BCUT2D eigenvalue weighted by atomic mass is 9.60. The molecule has 4 heteroatoms. The molecule has 5 aromatic rings. The Labute approximate surface area is 206 Å². The Morgan fingerprint density at radius 2 is 1.11 bits per heavy atom. The molecule has 7 rings (SSSR count). The fraction of sp³-hybridized carbons (Fsp3) is 0.0645.